The van der Waals surface area contributed by atoms with Crippen LogP contribution in [-0.2, 0) is 4.43 Å². The van der Waals surface area contributed by atoms with Crippen LogP contribution in [0.15, 0.2) is 0 Å². The molecule has 0 rings (SSSR count). The first-order valence-corrected chi connectivity index (χ1v) is 5.56. The first-order valence-electron chi connectivity index (χ1n) is 2.93. The summed E-state index contributed by atoms with van der Waals surface area (Å²) in [6, 6.07) is 1.31. The van der Waals surface area contributed by atoms with E-state index in [2.05, 4.69) is 11.3 Å². The first-order chi connectivity index (χ1) is 3.83. The van der Waals surface area contributed by atoms with Crippen molar-refractivity contribution >= 4 is 20.2 Å². The van der Waals surface area contributed by atoms with Crippen molar-refractivity contribution in [2.75, 3.05) is 7.11 Å². The van der Waals surface area contributed by atoms with E-state index in [1.54, 1.807) is 7.11 Å². The van der Waals surface area contributed by atoms with Crippen LogP contribution in [0.4, 0.5) is 0 Å². The van der Waals surface area contributed by atoms with Crippen LogP contribution >= 0.6 is 0 Å². The highest BCUT2D eigenvalue weighted by atomic mass is 28.2. The van der Waals surface area contributed by atoms with Gasteiger partial charge in [0.15, 0.2) is 0 Å². The molecule has 0 aromatic carbocycles. The van der Waals surface area contributed by atoms with Gasteiger partial charge in [0.2, 0.25) is 0 Å². The van der Waals surface area contributed by atoms with Gasteiger partial charge in [-0.15, -0.1) is 0 Å². The van der Waals surface area contributed by atoms with Crippen LogP contribution < -0.4 is 5.40 Å². The Hall–Kier alpha value is 0.354. The molecule has 0 saturated heterocycles. The zero-order valence-electron chi connectivity index (χ0n) is 6.11. The molecule has 0 aromatic rings. The highest BCUT2D eigenvalue weighted by Gasteiger charge is 1.69. The molecular formula is C4H17NOSi2. The summed E-state index contributed by atoms with van der Waals surface area (Å²) in [4.78, 5) is 0. The summed E-state index contributed by atoms with van der Waals surface area (Å²) in [6.07, 6.45) is 1.28. The van der Waals surface area contributed by atoms with Gasteiger partial charge in [0.1, 0.15) is 10.5 Å². The molecule has 4 heteroatoms. The average Bonchev–Trinajstić information content (AvgIpc) is 1.71. The number of hydrogen-bond acceptors (Lipinski definition) is 2. The summed E-state index contributed by atoms with van der Waals surface area (Å²) in [7, 11) is 2.47. The van der Waals surface area contributed by atoms with Crippen LogP contribution in [0.25, 0.3) is 0 Å². The summed E-state index contributed by atoms with van der Waals surface area (Å²) < 4.78 is 4.39. The van der Waals surface area contributed by atoms with E-state index in [9.17, 15) is 0 Å². The molecule has 0 aliphatic rings. The lowest BCUT2D eigenvalue weighted by Gasteiger charge is -1.78. The Balaban J connectivity index is 0. The minimum Gasteiger partial charge on any atom is -0.431 e. The van der Waals surface area contributed by atoms with E-state index in [-0.39, 0.29) is 9.68 Å². The Morgan fingerprint density at radius 3 is 2.12 bits per heavy atom. The van der Waals surface area contributed by atoms with Crippen molar-refractivity contribution in [2.45, 2.75) is 19.4 Å². The second kappa shape index (κ2) is 15.7. The maximum absolute atomic E-state index is 5.28. The molecule has 0 aliphatic carbocycles. The predicted molar refractivity (Wildman–Crippen MR) is 44.8 cm³/mol. The molecule has 0 unspecified atom stereocenters. The lowest BCUT2D eigenvalue weighted by Crippen LogP contribution is -2.01. The third kappa shape index (κ3) is 32.9. The minimum absolute atomic E-state index is 0.0860. The van der Waals surface area contributed by atoms with Crippen LogP contribution in [0.1, 0.15) is 13.3 Å². The van der Waals surface area contributed by atoms with Gasteiger partial charge < -0.3 is 9.83 Å². The second-order valence-electron chi connectivity index (χ2n) is 1.55. The van der Waals surface area contributed by atoms with Crippen LogP contribution in [0.3, 0.4) is 0 Å². The van der Waals surface area contributed by atoms with Gasteiger partial charge in [-0.2, -0.15) is 0 Å². The van der Waals surface area contributed by atoms with E-state index in [1.807, 2.05) is 0 Å². The fourth-order valence-electron chi connectivity index (χ4n) is 0.204. The Kier molecular flexibility index (Phi) is 21.9. The Labute approximate surface area is 57.2 Å². The maximum Gasteiger partial charge on any atom is 0.145 e. The third-order valence-corrected chi connectivity index (χ3v) is 1.67. The van der Waals surface area contributed by atoms with Crippen molar-refractivity contribution in [2.24, 2.45) is 5.40 Å². The summed E-state index contributed by atoms with van der Waals surface area (Å²) in [5.41, 5.74) is 0. The van der Waals surface area contributed by atoms with E-state index < -0.39 is 0 Å². The molecule has 0 bridgehead atoms. The fraction of sp³-hybridized carbons (Fsp3) is 1.00. The van der Waals surface area contributed by atoms with E-state index in [1.165, 1.54) is 12.5 Å². The Bertz CT molecular complexity index is 28.0. The fourth-order valence-corrected chi connectivity index (χ4v) is 0.612. The molecule has 0 heterocycles. The number of hydrogen-bond donors (Lipinski definition) is 1. The van der Waals surface area contributed by atoms with Crippen molar-refractivity contribution in [3.05, 3.63) is 0 Å². The molecule has 0 radical (unpaired) electrons. The molecule has 0 atom stereocenters. The van der Waals surface area contributed by atoms with Crippen LogP contribution in [0.5, 0.6) is 0 Å². The normalized spacial score (nSPS) is 9.38. The van der Waals surface area contributed by atoms with E-state index in [0.717, 1.165) is 10.5 Å². The molecule has 0 aromatic heterocycles. The van der Waals surface area contributed by atoms with Gasteiger partial charge in [0.05, 0.1) is 9.68 Å². The standard InChI is InChI=1S/C3H11NSi.CH6OSi/c1-2-3-5-4;1-2-3/h2-5H2,1H3;1,3H3. The maximum atomic E-state index is 5.28. The van der Waals surface area contributed by atoms with Crippen molar-refractivity contribution in [1.82, 2.24) is 0 Å². The topological polar surface area (TPSA) is 35.2 Å². The van der Waals surface area contributed by atoms with Gasteiger partial charge >= 0.3 is 0 Å². The molecule has 0 amide bonds. The molecule has 0 saturated carbocycles. The second-order valence-corrected chi connectivity index (χ2v) is 3.65. The van der Waals surface area contributed by atoms with Crippen molar-refractivity contribution in [1.29, 1.82) is 0 Å². The third-order valence-electron chi connectivity index (χ3n) is 0.558. The van der Waals surface area contributed by atoms with Gasteiger partial charge in [-0.25, -0.2) is 0 Å². The number of rotatable bonds is 2. The lowest BCUT2D eigenvalue weighted by atomic mass is 10.6. The van der Waals surface area contributed by atoms with Crippen molar-refractivity contribution in [3.63, 3.8) is 0 Å². The molecule has 0 spiro atoms. The summed E-state index contributed by atoms with van der Waals surface area (Å²) in [5, 5.41) is 5.28. The smallest absolute Gasteiger partial charge is 0.145 e. The molecular weight excluding hydrogens is 134 g/mol. The van der Waals surface area contributed by atoms with Gasteiger partial charge in [-0.3, -0.25) is 0 Å². The van der Waals surface area contributed by atoms with Crippen LogP contribution in [-0.4, -0.2) is 27.3 Å². The molecule has 0 fully saturated rings. The zero-order valence-corrected chi connectivity index (χ0v) is 9.52. The highest BCUT2D eigenvalue weighted by molar-refractivity contribution is 6.30. The molecule has 2 nitrogen and oxygen atoms in total. The molecule has 2 N–H and O–H groups in total. The Morgan fingerprint density at radius 2 is 2.12 bits per heavy atom. The quantitative estimate of drug-likeness (QED) is 0.502. The van der Waals surface area contributed by atoms with Gasteiger partial charge in [0.25, 0.3) is 0 Å². The lowest BCUT2D eigenvalue weighted by molar-refractivity contribution is 0.460. The van der Waals surface area contributed by atoms with Crippen LogP contribution in [0.2, 0.25) is 6.04 Å². The minimum atomic E-state index is -0.0860. The molecule has 52 valence electrons. The zero-order chi connectivity index (χ0) is 6.83. The van der Waals surface area contributed by atoms with Gasteiger partial charge in [0, 0.05) is 7.11 Å². The van der Waals surface area contributed by atoms with Crippen molar-refractivity contribution in [3.8, 4) is 0 Å². The van der Waals surface area contributed by atoms with E-state index in [0.29, 0.717) is 0 Å². The molecule has 0 aliphatic heterocycles. The highest BCUT2D eigenvalue weighted by Crippen LogP contribution is 1.77. The van der Waals surface area contributed by atoms with E-state index in [4.69, 9.17) is 5.40 Å². The van der Waals surface area contributed by atoms with Crippen LogP contribution in [0, 0.1) is 0 Å². The number of nitrogens with two attached hydrogens (primary N) is 1. The Morgan fingerprint density at radius 1 is 1.75 bits per heavy atom. The predicted octanol–water partition coefficient (Wildman–Crippen LogP) is -1.23. The summed E-state index contributed by atoms with van der Waals surface area (Å²) in [5.74, 6) is 0. The molecule has 8 heavy (non-hydrogen) atoms. The summed E-state index contributed by atoms with van der Waals surface area (Å²) >= 11 is 0. The average molecular weight is 151 g/mol. The summed E-state index contributed by atoms with van der Waals surface area (Å²) in [6.45, 7) is 2.17. The van der Waals surface area contributed by atoms with Gasteiger partial charge in [-0.05, 0) is 0 Å². The largest absolute Gasteiger partial charge is 0.431 e. The van der Waals surface area contributed by atoms with E-state index >= 15 is 0 Å². The first kappa shape index (κ1) is 11.2. The monoisotopic (exact) mass is 151 g/mol. The van der Waals surface area contributed by atoms with Crippen molar-refractivity contribution < 1.29 is 4.43 Å². The SMILES string of the molecule is CCC[SiH2]N.CO[SiH3]. The van der Waals surface area contributed by atoms with Gasteiger partial charge in [-0.1, -0.05) is 19.4 Å².